The van der Waals surface area contributed by atoms with Gasteiger partial charge in [-0.05, 0) is 144 Å². The van der Waals surface area contributed by atoms with Crippen molar-refractivity contribution >= 4 is 22.6 Å². The van der Waals surface area contributed by atoms with Crippen molar-refractivity contribution in [1.82, 2.24) is 0 Å². The molecule has 0 aromatic heterocycles. The lowest BCUT2D eigenvalue weighted by Gasteiger charge is -2.39. The van der Waals surface area contributed by atoms with E-state index in [4.69, 9.17) is 0 Å². The van der Waals surface area contributed by atoms with Crippen molar-refractivity contribution in [2.24, 2.45) is 11.8 Å². The smallest absolute Gasteiger partial charge is 0.0556 e. The second-order valence-electron chi connectivity index (χ2n) is 20.4. The molecule has 0 N–H and O–H groups in total. The largest absolute Gasteiger partial charge is 0.337 e. The summed E-state index contributed by atoms with van der Waals surface area (Å²) in [7, 11) is 0. The molecule has 66 heavy (non-hydrogen) atoms. The Hall–Kier alpha value is -6.64. The molecule has 5 unspecified atom stereocenters. The molecule has 0 fully saturated rings. The van der Waals surface area contributed by atoms with Crippen LogP contribution < -0.4 is 9.80 Å². The van der Waals surface area contributed by atoms with Crippen molar-refractivity contribution in [3.63, 3.8) is 0 Å². The fourth-order valence-corrected chi connectivity index (χ4v) is 13.9. The third-order valence-electron chi connectivity index (χ3n) is 16.8. The maximum Gasteiger partial charge on any atom is 0.0556 e. The third-order valence-corrected chi connectivity index (χ3v) is 16.8. The van der Waals surface area contributed by atoms with E-state index in [1.165, 1.54) is 103 Å². The first-order chi connectivity index (χ1) is 32.5. The van der Waals surface area contributed by atoms with Crippen LogP contribution in [-0.4, -0.2) is 6.04 Å². The lowest BCUT2D eigenvalue weighted by Crippen LogP contribution is -2.36. The molecule has 5 atom stereocenters. The van der Waals surface area contributed by atoms with Gasteiger partial charge in [-0.15, -0.1) is 0 Å². The first kappa shape index (κ1) is 39.7. The van der Waals surface area contributed by atoms with Gasteiger partial charge in [0.1, 0.15) is 0 Å². The summed E-state index contributed by atoms with van der Waals surface area (Å²) < 4.78 is 0. The Morgan fingerprint density at radius 2 is 1.39 bits per heavy atom. The van der Waals surface area contributed by atoms with E-state index in [1.54, 1.807) is 5.57 Å². The second-order valence-corrected chi connectivity index (χ2v) is 20.4. The quantitative estimate of drug-likeness (QED) is 0.161. The van der Waals surface area contributed by atoms with E-state index in [9.17, 15) is 0 Å². The number of fused-ring (bicyclic) bond motifs is 12. The molecule has 1 spiro atoms. The van der Waals surface area contributed by atoms with Crippen LogP contribution in [0.15, 0.2) is 217 Å². The number of hydrogen-bond donors (Lipinski definition) is 0. The Kier molecular flexibility index (Phi) is 9.31. The first-order valence-corrected chi connectivity index (χ1v) is 24.8. The monoisotopic (exact) mass is 854 g/mol. The molecule has 8 aliphatic carbocycles. The average Bonchev–Trinajstić information content (AvgIpc) is 3.94. The highest BCUT2D eigenvalue weighted by molar-refractivity contribution is 5.95. The zero-order chi connectivity index (χ0) is 44.0. The number of nitrogens with zero attached hydrogens (tertiary/aromatic N) is 2. The molecule has 0 heterocycles. The highest BCUT2D eigenvalue weighted by Gasteiger charge is 2.58. The van der Waals surface area contributed by atoms with E-state index < -0.39 is 0 Å². The molecule has 5 aromatic carbocycles. The molecule has 0 bridgehead atoms. The summed E-state index contributed by atoms with van der Waals surface area (Å²) in [5, 5.41) is 0. The van der Waals surface area contributed by atoms with Gasteiger partial charge in [0.15, 0.2) is 0 Å². The number of benzene rings is 5. The summed E-state index contributed by atoms with van der Waals surface area (Å²) in [6.07, 6.45) is 39.9. The number of rotatable bonds is 7. The van der Waals surface area contributed by atoms with Crippen LogP contribution in [0.5, 0.6) is 0 Å². The van der Waals surface area contributed by atoms with E-state index in [-0.39, 0.29) is 28.7 Å². The standard InChI is InChI=1S/C64H58N2/c1-63(2)55-28-15-12-25-50(55)52-39-38-49(41-59(52)63)66(46-23-10-5-11-24-46)61-32-18-31-58-62(61)54-27-14-17-30-57(54)64(58)56-29-16-13-26-51(56)53-40-37-48(42-60(53)64)65(45-21-8-4-9-22-45)47-35-33-44(34-36-47)43-19-6-3-7-20-43/h3-6,8-19,21-23,25-32,35,37,40-42,44,46,51,56H,7,20,24,33-34,36,38-39H2,1-2H3. The van der Waals surface area contributed by atoms with Gasteiger partial charge in [-0.25, -0.2) is 0 Å². The highest BCUT2D eigenvalue weighted by Crippen LogP contribution is 2.67. The average molecular weight is 855 g/mol. The predicted octanol–water partition coefficient (Wildman–Crippen LogP) is 16.1. The predicted molar refractivity (Wildman–Crippen MR) is 276 cm³/mol. The molecule has 2 nitrogen and oxygen atoms in total. The molecule has 13 rings (SSSR count). The number of para-hydroxylation sites is 1. The van der Waals surface area contributed by atoms with Crippen LogP contribution in [0.25, 0.3) is 16.7 Å². The Bertz CT molecular complexity index is 3100. The van der Waals surface area contributed by atoms with Gasteiger partial charge in [0.2, 0.25) is 0 Å². The SMILES string of the molecule is CC1(C)C2=C(CCC(N(c3cccc4c3-c3ccccc3C43c4cc(N(C5=CCC(C6=CC=CCC6)CC5)c5ccccc5)ccc4C4C=CC=CC43)C3C=CC=CC3)=C2)c2ccccc21. The topological polar surface area (TPSA) is 6.48 Å². The molecule has 5 aromatic rings. The van der Waals surface area contributed by atoms with Gasteiger partial charge in [0.25, 0.3) is 0 Å². The van der Waals surface area contributed by atoms with Crippen LogP contribution in [-0.2, 0) is 10.8 Å². The minimum atomic E-state index is -0.367. The van der Waals surface area contributed by atoms with Crippen molar-refractivity contribution in [3.8, 4) is 11.1 Å². The Morgan fingerprint density at radius 1 is 0.591 bits per heavy atom. The fraction of sp³-hybridized carbons (Fsp3) is 0.250. The van der Waals surface area contributed by atoms with E-state index in [0.29, 0.717) is 5.92 Å². The summed E-state index contributed by atoms with van der Waals surface area (Å²) in [5.41, 5.74) is 22.4. The zero-order valence-electron chi connectivity index (χ0n) is 38.3. The summed E-state index contributed by atoms with van der Waals surface area (Å²) in [6, 6.07) is 44.9. The van der Waals surface area contributed by atoms with Crippen molar-refractivity contribution in [2.45, 2.75) is 88.0 Å². The zero-order valence-corrected chi connectivity index (χ0v) is 38.3. The van der Waals surface area contributed by atoms with Gasteiger partial charge in [-0.2, -0.15) is 0 Å². The van der Waals surface area contributed by atoms with Gasteiger partial charge in [-0.1, -0.05) is 177 Å². The van der Waals surface area contributed by atoms with Crippen molar-refractivity contribution in [1.29, 1.82) is 0 Å². The summed E-state index contributed by atoms with van der Waals surface area (Å²) in [5.74, 6) is 1.15. The Balaban J connectivity index is 0.993. The molecule has 8 aliphatic rings. The van der Waals surface area contributed by atoms with Gasteiger partial charge < -0.3 is 9.80 Å². The van der Waals surface area contributed by atoms with Crippen LogP contribution in [0.4, 0.5) is 17.1 Å². The van der Waals surface area contributed by atoms with E-state index >= 15 is 0 Å². The normalized spacial score (nSPS) is 25.6. The van der Waals surface area contributed by atoms with Crippen LogP contribution in [0.2, 0.25) is 0 Å². The molecule has 0 radical (unpaired) electrons. The molecule has 324 valence electrons. The summed E-state index contributed by atoms with van der Waals surface area (Å²) >= 11 is 0. The lowest BCUT2D eigenvalue weighted by atomic mass is 9.65. The Morgan fingerprint density at radius 3 is 2.21 bits per heavy atom. The van der Waals surface area contributed by atoms with E-state index in [0.717, 1.165) is 32.1 Å². The number of hydrogen-bond acceptors (Lipinski definition) is 2. The second kappa shape index (κ2) is 15.5. The van der Waals surface area contributed by atoms with Crippen molar-refractivity contribution in [2.75, 3.05) is 9.80 Å². The minimum Gasteiger partial charge on any atom is -0.337 e. The molecule has 2 heteroatoms. The summed E-state index contributed by atoms with van der Waals surface area (Å²) in [4.78, 5) is 5.36. The van der Waals surface area contributed by atoms with E-state index in [2.05, 4.69) is 218 Å². The molecular formula is C64H58N2. The maximum absolute atomic E-state index is 2.76. The third kappa shape index (κ3) is 5.86. The fourth-order valence-electron chi connectivity index (χ4n) is 13.9. The maximum atomic E-state index is 2.76. The van der Waals surface area contributed by atoms with Crippen LogP contribution in [0.1, 0.15) is 105 Å². The van der Waals surface area contributed by atoms with Gasteiger partial charge in [-0.3, -0.25) is 0 Å². The lowest BCUT2D eigenvalue weighted by molar-refractivity contribution is 0.465. The van der Waals surface area contributed by atoms with Gasteiger partial charge >= 0.3 is 0 Å². The van der Waals surface area contributed by atoms with E-state index in [1.807, 2.05) is 0 Å². The Labute approximate surface area is 391 Å². The van der Waals surface area contributed by atoms with Crippen LogP contribution in [0, 0.1) is 11.8 Å². The molecule has 0 amide bonds. The van der Waals surface area contributed by atoms with Gasteiger partial charge in [0, 0.05) is 51.3 Å². The number of anilines is 3. The number of allylic oxidation sites excluding steroid dienone is 16. The minimum absolute atomic E-state index is 0.0461. The molecule has 0 aliphatic heterocycles. The molecule has 0 saturated heterocycles. The van der Waals surface area contributed by atoms with Crippen molar-refractivity contribution in [3.05, 3.63) is 250 Å². The molecular weight excluding hydrogens is 797 g/mol. The first-order valence-electron chi connectivity index (χ1n) is 24.8. The van der Waals surface area contributed by atoms with Crippen LogP contribution in [0.3, 0.4) is 0 Å². The van der Waals surface area contributed by atoms with Crippen LogP contribution >= 0.6 is 0 Å². The highest BCUT2D eigenvalue weighted by atomic mass is 15.2. The van der Waals surface area contributed by atoms with Crippen molar-refractivity contribution < 1.29 is 0 Å². The molecule has 0 saturated carbocycles. The summed E-state index contributed by atoms with van der Waals surface area (Å²) in [6.45, 7) is 4.87. The van der Waals surface area contributed by atoms with Gasteiger partial charge in [0.05, 0.1) is 11.5 Å².